The van der Waals surface area contributed by atoms with Crippen molar-refractivity contribution in [2.45, 2.75) is 6.42 Å². The molecule has 0 spiro atoms. The Bertz CT molecular complexity index is 673. The number of rotatable bonds is 1. The molecule has 1 aromatic carbocycles. The zero-order valence-corrected chi connectivity index (χ0v) is 11.1. The summed E-state index contributed by atoms with van der Waals surface area (Å²) in [5.41, 5.74) is 3.51. The van der Waals surface area contributed by atoms with Crippen LogP contribution in [0, 0.1) is 0 Å². The van der Waals surface area contributed by atoms with Crippen molar-refractivity contribution in [1.82, 2.24) is 4.90 Å². The minimum Gasteiger partial charge on any atom is -0.463 e. The van der Waals surface area contributed by atoms with Crippen molar-refractivity contribution in [3.63, 3.8) is 0 Å². The highest BCUT2D eigenvalue weighted by Crippen LogP contribution is 2.37. The molecule has 0 bridgehead atoms. The van der Waals surface area contributed by atoms with Crippen molar-refractivity contribution in [3.05, 3.63) is 59.4 Å². The van der Waals surface area contributed by atoms with E-state index in [-0.39, 0.29) is 0 Å². The molecular formula is C15H12N2OS. The van der Waals surface area contributed by atoms with E-state index in [1.807, 2.05) is 18.2 Å². The number of benzene rings is 1. The van der Waals surface area contributed by atoms with Crippen LogP contribution in [0.5, 0.6) is 0 Å². The second-order valence-electron chi connectivity index (χ2n) is 4.52. The molecule has 1 aromatic heterocycles. The SMILES string of the molecule is C1=C(c2ccco2)N2CCc3ccccc3N=C2S1. The van der Waals surface area contributed by atoms with Gasteiger partial charge < -0.3 is 9.32 Å². The molecule has 3 nitrogen and oxygen atoms in total. The van der Waals surface area contributed by atoms with E-state index < -0.39 is 0 Å². The highest BCUT2D eigenvalue weighted by molar-refractivity contribution is 8.16. The molecule has 0 N–H and O–H groups in total. The van der Waals surface area contributed by atoms with E-state index in [9.17, 15) is 0 Å². The number of furan rings is 1. The van der Waals surface area contributed by atoms with Crippen molar-refractivity contribution in [3.8, 4) is 0 Å². The Morgan fingerprint density at radius 1 is 1.16 bits per heavy atom. The zero-order valence-electron chi connectivity index (χ0n) is 10.2. The Kier molecular flexibility index (Phi) is 2.48. The summed E-state index contributed by atoms with van der Waals surface area (Å²) in [5.74, 6) is 0.906. The Labute approximate surface area is 115 Å². The fourth-order valence-corrected chi connectivity index (χ4v) is 3.35. The van der Waals surface area contributed by atoms with Gasteiger partial charge in [-0.05, 0) is 30.2 Å². The van der Waals surface area contributed by atoms with Crippen molar-refractivity contribution < 1.29 is 4.42 Å². The van der Waals surface area contributed by atoms with Crippen molar-refractivity contribution in [2.24, 2.45) is 4.99 Å². The summed E-state index contributed by atoms with van der Waals surface area (Å²) in [5, 5.41) is 3.15. The normalized spacial score (nSPS) is 17.4. The molecule has 19 heavy (non-hydrogen) atoms. The van der Waals surface area contributed by atoms with E-state index >= 15 is 0 Å². The number of nitrogens with zero attached hydrogens (tertiary/aromatic N) is 2. The number of amidine groups is 1. The van der Waals surface area contributed by atoms with Crippen molar-refractivity contribution >= 4 is 28.3 Å². The third-order valence-corrected chi connectivity index (χ3v) is 4.25. The number of hydrogen-bond donors (Lipinski definition) is 0. The van der Waals surface area contributed by atoms with Crippen LogP contribution in [0.15, 0.2) is 57.5 Å². The predicted molar refractivity (Wildman–Crippen MR) is 78.2 cm³/mol. The number of aliphatic imine (C=N–C) groups is 1. The molecule has 4 heteroatoms. The summed E-state index contributed by atoms with van der Waals surface area (Å²) in [6, 6.07) is 12.3. The van der Waals surface area contributed by atoms with E-state index in [4.69, 9.17) is 9.41 Å². The quantitative estimate of drug-likeness (QED) is 0.786. The van der Waals surface area contributed by atoms with Gasteiger partial charge in [-0.2, -0.15) is 0 Å². The Morgan fingerprint density at radius 3 is 3.00 bits per heavy atom. The van der Waals surface area contributed by atoms with E-state index in [1.165, 1.54) is 5.56 Å². The molecular weight excluding hydrogens is 256 g/mol. The van der Waals surface area contributed by atoms with Crippen LogP contribution in [0.2, 0.25) is 0 Å². The highest BCUT2D eigenvalue weighted by atomic mass is 32.2. The first-order valence-electron chi connectivity index (χ1n) is 6.27. The van der Waals surface area contributed by atoms with Gasteiger partial charge in [0.05, 0.1) is 17.6 Å². The molecule has 0 aliphatic carbocycles. The maximum atomic E-state index is 5.51. The molecule has 2 aromatic rings. The summed E-state index contributed by atoms with van der Waals surface area (Å²) in [4.78, 5) is 7.01. The highest BCUT2D eigenvalue weighted by Gasteiger charge is 2.27. The summed E-state index contributed by atoms with van der Waals surface area (Å²) in [6.07, 6.45) is 2.71. The molecule has 0 radical (unpaired) electrons. The Balaban J connectivity index is 1.73. The van der Waals surface area contributed by atoms with Gasteiger partial charge in [-0.25, -0.2) is 4.99 Å². The van der Waals surface area contributed by atoms with Gasteiger partial charge in [0, 0.05) is 12.0 Å². The van der Waals surface area contributed by atoms with Gasteiger partial charge in [0.1, 0.15) is 0 Å². The third-order valence-electron chi connectivity index (χ3n) is 3.38. The first kappa shape index (κ1) is 10.9. The van der Waals surface area contributed by atoms with Crippen LogP contribution in [-0.2, 0) is 6.42 Å². The topological polar surface area (TPSA) is 28.7 Å². The minimum atomic E-state index is 0.906. The van der Waals surface area contributed by atoms with E-state index in [0.717, 1.165) is 35.3 Å². The van der Waals surface area contributed by atoms with Gasteiger partial charge in [-0.3, -0.25) is 0 Å². The monoisotopic (exact) mass is 268 g/mol. The fraction of sp³-hybridized carbons (Fsp3) is 0.133. The molecule has 3 heterocycles. The molecule has 0 saturated heterocycles. The van der Waals surface area contributed by atoms with Crippen molar-refractivity contribution in [1.29, 1.82) is 0 Å². The lowest BCUT2D eigenvalue weighted by molar-refractivity contribution is 0.516. The average Bonchev–Trinajstić information content (AvgIpc) is 3.04. The first-order chi connectivity index (χ1) is 9.42. The molecule has 4 rings (SSSR count). The minimum absolute atomic E-state index is 0.906. The van der Waals surface area contributed by atoms with Gasteiger partial charge in [0.15, 0.2) is 10.9 Å². The van der Waals surface area contributed by atoms with Gasteiger partial charge in [0.25, 0.3) is 0 Å². The lowest BCUT2D eigenvalue weighted by Gasteiger charge is -2.18. The molecule has 0 saturated carbocycles. The molecule has 0 fully saturated rings. The van der Waals surface area contributed by atoms with Crippen LogP contribution in [0.4, 0.5) is 5.69 Å². The third kappa shape index (κ3) is 1.79. The summed E-state index contributed by atoms with van der Waals surface area (Å²) < 4.78 is 5.51. The van der Waals surface area contributed by atoms with Crippen LogP contribution in [0.25, 0.3) is 5.70 Å². The van der Waals surface area contributed by atoms with Gasteiger partial charge in [0.2, 0.25) is 0 Å². The van der Waals surface area contributed by atoms with Crippen LogP contribution in [0.3, 0.4) is 0 Å². The molecule has 2 aliphatic heterocycles. The van der Waals surface area contributed by atoms with Crippen LogP contribution < -0.4 is 0 Å². The second kappa shape index (κ2) is 4.31. The molecule has 0 unspecified atom stereocenters. The lowest BCUT2D eigenvalue weighted by atomic mass is 10.1. The van der Waals surface area contributed by atoms with Crippen LogP contribution in [-0.4, -0.2) is 16.6 Å². The number of para-hydroxylation sites is 1. The molecule has 0 amide bonds. The van der Waals surface area contributed by atoms with Gasteiger partial charge in [-0.1, -0.05) is 30.0 Å². The summed E-state index contributed by atoms with van der Waals surface area (Å²) in [7, 11) is 0. The maximum Gasteiger partial charge on any atom is 0.173 e. The van der Waals surface area contributed by atoms with E-state index in [1.54, 1.807) is 18.0 Å². The van der Waals surface area contributed by atoms with E-state index in [2.05, 4.69) is 28.5 Å². The Hall–Kier alpha value is -1.94. The smallest absolute Gasteiger partial charge is 0.173 e. The molecule has 0 atom stereocenters. The number of fused-ring (bicyclic) bond motifs is 2. The largest absolute Gasteiger partial charge is 0.463 e. The van der Waals surface area contributed by atoms with Crippen LogP contribution in [0.1, 0.15) is 11.3 Å². The maximum absolute atomic E-state index is 5.51. The number of hydrogen-bond acceptors (Lipinski definition) is 4. The predicted octanol–water partition coefficient (Wildman–Crippen LogP) is 3.87. The second-order valence-corrected chi connectivity index (χ2v) is 5.36. The fourth-order valence-electron chi connectivity index (χ4n) is 2.42. The first-order valence-corrected chi connectivity index (χ1v) is 7.14. The summed E-state index contributed by atoms with van der Waals surface area (Å²) in [6.45, 7) is 0.940. The number of thioether (sulfide) groups is 1. The van der Waals surface area contributed by atoms with Crippen LogP contribution >= 0.6 is 11.8 Å². The lowest BCUT2D eigenvalue weighted by Crippen LogP contribution is -2.24. The molecule has 2 aliphatic rings. The van der Waals surface area contributed by atoms with Gasteiger partial charge in [-0.15, -0.1) is 0 Å². The Morgan fingerprint density at radius 2 is 2.11 bits per heavy atom. The molecule has 94 valence electrons. The van der Waals surface area contributed by atoms with Gasteiger partial charge >= 0.3 is 0 Å². The zero-order chi connectivity index (χ0) is 12.7. The van der Waals surface area contributed by atoms with Crippen molar-refractivity contribution in [2.75, 3.05) is 6.54 Å². The standard InChI is InChI=1S/C15H12N2OS/c1-2-5-12-11(4-1)7-8-17-13(10-19-15(17)16-12)14-6-3-9-18-14/h1-6,9-10H,7-8H2. The average molecular weight is 268 g/mol. The van der Waals surface area contributed by atoms with E-state index in [0.29, 0.717) is 0 Å². The summed E-state index contributed by atoms with van der Waals surface area (Å²) >= 11 is 1.66.